The first kappa shape index (κ1) is 17.3. The number of H-pyrrole nitrogens is 1. The van der Waals surface area contributed by atoms with E-state index < -0.39 is 17.8 Å². The maximum absolute atomic E-state index is 13.3. The van der Waals surface area contributed by atoms with E-state index >= 15 is 0 Å². The first-order valence-corrected chi connectivity index (χ1v) is 8.42. The third-order valence-electron chi connectivity index (χ3n) is 4.30. The molecule has 0 aliphatic heterocycles. The number of halogens is 3. The summed E-state index contributed by atoms with van der Waals surface area (Å²) in [5, 5.41) is 6.79. The Morgan fingerprint density at radius 2 is 1.96 bits per heavy atom. The van der Waals surface area contributed by atoms with Crippen molar-refractivity contribution in [2.24, 2.45) is 0 Å². The number of hydrogen-bond acceptors (Lipinski definition) is 3. The number of aromatic nitrogens is 4. The van der Waals surface area contributed by atoms with E-state index in [0.29, 0.717) is 11.4 Å². The molecule has 1 aliphatic rings. The molecule has 6 nitrogen and oxygen atoms in total. The highest BCUT2D eigenvalue weighted by Gasteiger charge is 2.38. The van der Waals surface area contributed by atoms with Gasteiger partial charge in [0.25, 0.3) is 5.91 Å². The molecule has 0 atom stereocenters. The van der Waals surface area contributed by atoms with Crippen molar-refractivity contribution < 1.29 is 18.0 Å². The van der Waals surface area contributed by atoms with Crippen LogP contribution in [0.4, 0.5) is 18.9 Å². The molecule has 0 unspecified atom stereocenters. The van der Waals surface area contributed by atoms with Gasteiger partial charge in [-0.05, 0) is 50.1 Å². The molecule has 1 aliphatic carbocycles. The van der Waals surface area contributed by atoms with Crippen LogP contribution >= 0.6 is 0 Å². The molecule has 0 radical (unpaired) electrons. The van der Waals surface area contributed by atoms with Crippen LogP contribution in [0.2, 0.25) is 0 Å². The van der Waals surface area contributed by atoms with Crippen LogP contribution in [0.25, 0.3) is 5.69 Å². The topological polar surface area (TPSA) is 75.6 Å². The van der Waals surface area contributed by atoms with Crippen molar-refractivity contribution in [3.63, 3.8) is 0 Å². The lowest BCUT2D eigenvalue weighted by Gasteiger charge is -2.11. The quantitative estimate of drug-likeness (QED) is 0.722. The fourth-order valence-corrected chi connectivity index (χ4v) is 2.78. The number of alkyl halides is 3. The third kappa shape index (κ3) is 3.57. The molecule has 9 heteroatoms. The molecule has 27 heavy (non-hydrogen) atoms. The summed E-state index contributed by atoms with van der Waals surface area (Å²) in [6.45, 7) is 1.77. The number of aromatic amines is 1. The second kappa shape index (κ2) is 6.26. The van der Waals surface area contributed by atoms with E-state index in [4.69, 9.17) is 0 Å². The van der Waals surface area contributed by atoms with Crippen LogP contribution in [0, 0.1) is 6.92 Å². The van der Waals surface area contributed by atoms with Crippen molar-refractivity contribution >= 4 is 11.6 Å². The SMILES string of the molecule is Cc1cnc(C(=O)Nc2ccc(-n3nc(C4CC4)cc3C(F)(F)F)cc2)[nH]1. The maximum atomic E-state index is 13.3. The number of anilines is 1. The highest BCUT2D eigenvalue weighted by Crippen LogP contribution is 2.42. The molecular formula is C18H16F3N5O. The van der Waals surface area contributed by atoms with Crippen LogP contribution in [0.3, 0.4) is 0 Å². The van der Waals surface area contributed by atoms with Gasteiger partial charge in [-0.25, -0.2) is 9.67 Å². The molecule has 0 bridgehead atoms. The number of carbonyl (C=O) groups is 1. The highest BCUT2D eigenvalue weighted by atomic mass is 19.4. The third-order valence-corrected chi connectivity index (χ3v) is 4.30. The summed E-state index contributed by atoms with van der Waals surface area (Å²) in [6, 6.07) is 7.15. The smallest absolute Gasteiger partial charge is 0.338 e. The second-order valence-corrected chi connectivity index (χ2v) is 6.55. The lowest BCUT2D eigenvalue weighted by molar-refractivity contribution is -0.142. The van der Waals surface area contributed by atoms with Crippen LogP contribution in [0.1, 0.15) is 46.5 Å². The number of nitrogens with zero attached hydrogens (tertiary/aromatic N) is 3. The molecule has 1 aromatic carbocycles. The zero-order chi connectivity index (χ0) is 19.2. The molecule has 2 aromatic heterocycles. The van der Waals surface area contributed by atoms with E-state index in [-0.39, 0.29) is 17.4 Å². The fraction of sp³-hybridized carbons (Fsp3) is 0.278. The van der Waals surface area contributed by atoms with Crippen LogP contribution in [-0.2, 0) is 6.18 Å². The zero-order valence-corrected chi connectivity index (χ0v) is 14.3. The van der Waals surface area contributed by atoms with Gasteiger partial charge in [0.05, 0.1) is 11.4 Å². The van der Waals surface area contributed by atoms with Gasteiger partial charge >= 0.3 is 6.18 Å². The summed E-state index contributed by atoms with van der Waals surface area (Å²) in [7, 11) is 0. The maximum Gasteiger partial charge on any atom is 0.433 e. The van der Waals surface area contributed by atoms with Crippen molar-refractivity contribution in [2.45, 2.75) is 31.9 Å². The Morgan fingerprint density at radius 3 is 2.52 bits per heavy atom. The molecule has 1 fully saturated rings. The summed E-state index contributed by atoms with van der Waals surface area (Å²) in [5.41, 5.74) is 1.14. The largest absolute Gasteiger partial charge is 0.433 e. The van der Waals surface area contributed by atoms with Crippen molar-refractivity contribution in [3.8, 4) is 5.69 Å². The number of aryl methyl sites for hydroxylation is 1. The molecule has 1 amide bonds. The van der Waals surface area contributed by atoms with Gasteiger partial charge in [-0.3, -0.25) is 4.79 Å². The number of benzene rings is 1. The van der Waals surface area contributed by atoms with Gasteiger partial charge in [0.15, 0.2) is 5.82 Å². The van der Waals surface area contributed by atoms with Gasteiger partial charge in [-0.15, -0.1) is 0 Å². The molecule has 0 saturated heterocycles. The Balaban J connectivity index is 1.58. The number of amides is 1. The summed E-state index contributed by atoms with van der Waals surface area (Å²) >= 11 is 0. The van der Waals surface area contributed by atoms with Crippen molar-refractivity contribution in [1.29, 1.82) is 0 Å². The first-order valence-electron chi connectivity index (χ1n) is 8.42. The Labute approximate surface area is 152 Å². The Bertz CT molecular complexity index is 983. The molecular weight excluding hydrogens is 359 g/mol. The summed E-state index contributed by atoms with van der Waals surface area (Å²) in [6.07, 6.45) is -1.23. The lowest BCUT2D eigenvalue weighted by Crippen LogP contribution is -2.14. The number of rotatable bonds is 4. The molecule has 2 N–H and O–H groups in total. The van der Waals surface area contributed by atoms with E-state index in [0.717, 1.165) is 29.3 Å². The van der Waals surface area contributed by atoms with Crippen LogP contribution in [0.15, 0.2) is 36.5 Å². The number of hydrogen-bond donors (Lipinski definition) is 2. The summed E-state index contributed by atoms with van der Waals surface area (Å²) in [4.78, 5) is 18.8. The van der Waals surface area contributed by atoms with E-state index in [1.54, 1.807) is 6.92 Å². The minimum Gasteiger partial charge on any atom is -0.338 e. The first-order chi connectivity index (χ1) is 12.8. The highest BCUT2D eigenvalue weighted by molar-refractivity contribution is 6.01. The fourth-order valence-electron chi connectivity index (χ4n) is 2.78. The van der Waals surface area contributed by atoms with Gasteiger partial charge in [0.2, 0.25) is 0 Å². The molecule has 1 saturated carbocycles. The van der Waals surface area contributed by atoms with E-state index in [1.165, 1.54) is 30.5 Å². The van der Waals surface area contributed by atoms with E-state index in [1.807, 2.05) is 0 Å². The van der Waals surface area contributed by atoms with E-state index in [2.05, 4.69) is 20.4 Å². The Hall–Kier alpha value is -3.10. The normalized spacial score (nSPS) is 14.4. The predicted octanol–water partition coefficient (Wildman–Crippen LogP) is 4.05. The van der Waals surface area contributed by atoms with Gasteiger partial charge in [0, 0.05) is 23.5 Å². The van der Waals surface area contributed by atoms with Crippen molar-refractivity contribution in [2.75, 3.05) is 5.32 Å². The minimum absolute atomic E-state index is 0.114. The Kier molecular flexibility index (Phi) is 4.01. The average molecular weight is 375 g/mol. The van der Waals surface area contributed by atoms with Crippen LogP contribution < -0.4 is 5.32 Å². The second-order valence-electron chi connectivity index (χ2n) is 6.55. The standard InChI is InChI=1S/C18H16F3N5O/c1-10-9-22-16(23-10)17(27)24-12-4-6-13(7-5-12)26-15(18(19,20)21)8-14(25-26)11-2-3-11/h4-9,11H,2-3H2,1H3,(H,22,23)(H,24,27). The predicted molar refractivity (Wildman–Crippen MR) is 91.8 cm³/mol. The van der Waals surface area contributed by atoms with Gasteiger partial charge in [-0.1, -0.05) is 0 Å². The molecule has 0 spiro atoms. The summed E-state index contributed by atoms with van der Waals surface area (Å²) in [5.74, 6) is -0.151. The lowest BCUT2D eigenvalue weighted by atomic mass is 10.2. The molecule has 3 aromatic rings. The molecule has 140 valence electrons. The molecule has 2 heterocycles. The zero-order valence-electron chi connectivity index (χ0n) is 14.3. The number of imidazole rings is 1. The minimum atomic E-state index is -4.50. The average Bonchev–Trinajstić information content (AvgIpc) is 3.20. The number of carbonyl (C=O) groups excluding carboxylic acids is 1. The summed E-state index contributed by atoms with van der Waals surface area (Å²) < 4.78 is 40.9. The van der Waals surface area contributed by atoms with Gasteiger partial charge < -0.3 is 10.3 Å². The van der Waals surface area contributed by atoms with Gasteiger partial charge in [-0.2, -0.15) is 18.3 Å². The van der Waals surface area contributed by atoms with Crippen molar-refractivity contribution in [3.05, 3.63) is 59.4 Å². The van der Waals surface area contributed by atoms with E-state index in [9.17, 15) is 18.0 Å². The number of nitrogens with one attached hydrogen (secondary N) is 2. The molecule has 4 rings (SSSR count). The van der Waals surface area contributed by atoms with Crippen LogP contribution in [0.5, 0.6) is 0 Å². The Morgan fingerprint density at radius 1 is 1.26 bits per heavy atom. The van der Waals surface area contributed by atoms with Gasteiger partial charge in [0.1, 0.15) is 5.69 Å². The van der Waals surface area contributed by atoms with Crippen molar-refractivity contribution in [1.82, 2.24) is 19.7 Å². The monoisotopic (exact) mass is 375 g/mol. The van der Waals surface area contributed by atoms with Crippen LogP contribution in [-0.4, -0.2) is 25.7 Å².